The molecule has 1 aromatic carbocycles. The molecule has 2 amide bonds. The van der Waals surface area contributed by atoms with Crippen molar-refractivity contribution in [3.05, 3.63) is 53.7 Å². The Morgan fingerprint density at radius 2 is 1.86 bits per heavy atom. The van der Waals surface area contributed by atoms with Crippen molar-refractivity contribution in [2.24, 2.45) is 0 Å². The minimum absolute atomic E-state index is 0.263. The number of nitrogens with zero attached hydrogens (tertiary/aromatic N) is 1. The predicted octanol–water partition coefficient (Wildman–Crippen LogP) is 3.21. The van der Waals surface area contributed by atoms with Gasteiger partial charge in [0.25, 0.3) is 5.91 Å². The lowest BCUT2D eigenvalue weighted by molar-refractivity contribution is 0.102. The highest BCUT2D eigenvalue weighted by molar-refractivity contribution is 6.04. The lowest BCUT2D eigenvalue weighted by atomic mass is 10.2. The summed E-state index contributed by atoms with van der Waals surface area (Å²) in [6.45, 7) is 3.95. The van der Waals surface area contributed by atoms with Crippen LogP contribution in [0.1, 0.15) is 22.8 Å². The number of anilines is 2. The molecule has 1 heterocycles. The summed E-state index contributed by atoms with van der Waals surface area (Å²) in [5.74, 6) is 0.236. The topological polar surface area (TPSA) is 80.3 Å². The van der Waals surface area contributed by atoms with Gasteiger partial charge >= 0.3 is 6.09 Å². The van der Waals surface area contributed by atoms with Gasteiger partial charge in [0, 0.05) is 17.4 Å². The van der Waals surface area contributed by atoms with Crippen molar-refractivity contribution in [3.8, 4) is 0 Å². The Labute approximate surface area is 128 Å². The highest BCUT2D eigenvalue weighted by atomic mass is 16.5. The second-order valence-corrected chi connectivity index (χ2v) is 4.60. The molecule has 0 radical (unpaired) electrons. The molecule has 0 saturated carbocycles. The molecule has 22 heavy (non-hydrogen) atoms. The van der Waals surface area contributed by atoms with Crippen LogP contribution >= 0.6 is 0 Å². The second-order valence-electron chi connectivity index (χ2n) is 4.60. The number of carbonyl (C=O) groups excluding carboxylic acids is 2. The molecule has 1 aromatic heterocycles. The Bertz CT molecular complexity index is 669. The summed E-state index contributed by atoms with van der Waals surface area (Å²) in [6, 6.07) is 10.1. The van der Waals surface area contributed by atoms with Crippen molar-refractivity contribution in [1.29, 1.82) is 0 Å². The second kappa shape index (κ2) is 7.21. The largest absolute Gasteiger partial charge is 0.450 e. The Balaban J connectivity index is 2.00. The highest BCUT2D eigenvalue weighted by Gasteiger charge is 2.08. The van der Waals surface area contributed by atoms with Crippen molar-refractivity contribution in [3.63, 3.8) is 0 Å². The summed E-state index contributed by atoms with van der Waals surface area (Å²) in [7, 11) is 0. The van der Waals surface area contributed by atoms with E-state index in [0.29, 0.717) is 23.7 Å². The number of amides is 2. The van der Waals surface area contributed by atoms with Crippen LogP contribution in [0.2, 0.25) is 0 Å². The van der Waals surface area contributed by atoms with Crippen molar-refractivity contribution < 1.29 is 14.3 Å². The smallest absolute Gasteiger partial charge is 0.411 e. The number of hydrogen-bond donors (Lipinski definition) is 2. The maximum atomic E-state index is 12.1. The molecule has 0 aliphatic carbocycles. The van der Waals surface area contributed by atoms with E-state index in [4.69, 9.17) is 4.74 Å². The van der Waals surface area contributed by atoms with E-state index in [-0.39, 0.29) is 5.91 Å². The van der Waals surface area contributed by atoms with Crippen molar-refractivity contribution in [2.75, 3.05) is 17.2 Å². The van der Waals surface area contributed by atoms with Gasteiger partial charge in [-0.05, 0) is 55.8 Å². The summed E-state index contributed by atoms with van der Waals surface area (Å²) in [5, 5.41) is 5.28. The molecule has 114 valence electrons. The normalized spacial score (nSPS) is 9.91. The van der Waals surface area contributed by atoms with Crippen LogP contribution in [-0.4, -0.2) is 23.6 Å². The average molecular weight is 299 g/mol. The first-order valence-corrected chi connectivity index (χ1v) is 6.86. The molecule has 6 nitrogen and oxygen atoms in total. The Morgan fingerprint density at radius 3 is 2.50 bits per heavy atom. The molecule has 6 heteroatoms. The summed E-state index contributed by atoms with van der Waals surface area (Å²) >= 11 is 0. The quantitative estimate of drug-likeness (QED) is 0.908. The summed E-state index contributed by atoms with van der Waals surface area (Å²) in [6.07, 6.45) is 1.11. The van der Waals surface area contributed by atoms with Gasteiger partial charge in [-0.2, -0.15) is 0 Å². The summed E-state index contributed by atoms with van der Waals surface area (Å²) in [5.41, 5.74) is 2.04. The number of hydrogen-bond acceptors (Lipinski definition) is 4. The van der Waals surface area contributed by atoms with Crippen LogP contribution in [0, 0.1) is 6.92 Å². The number of aromatic nitrogens is 1. The lowest BCUT2D eigenvalue weighted by Gasteiger charge is -2.07. The van der Waals surface area contributed by atoms with Gasteiger partial charge in [-0.1, -0.05) is 0 Å². The first-order chi connectivity index (χ1) is 10.6. The van der Waals surface area contributed by atoms with E-state index in [2.05, 4.69) is 15.6 Å². The van der Waals surface area contributed by atoms with E-state index < -0.39 is 6.09 Å². The van der Waals surface area contributed by atoms with E-state index in [0.717, 1.165) is 5.56 Å². The van der Waals surface area contributed by atoms with E-state index >= 15 is 0 Å². The highest BCUT2D eigenvalue weighted by Crippen LogP contribution is 2.12. The Hall–Kier alpha value is -2.89. The molecule has 0 spiro atoms. The van der Waals surface area contributed by atoms with E-state index in [1.807, 2.05) is 13.0 Å². The number of nitrogens with one attached hydrogen (secondary N) is 2. The van der Waals surface area contributed by atoms with Gasteiger partial charge < -0.3 is 10.1 Å². The molecule has 0 atom stereocenters. The first kappa shape index (κ1) is 15.5. The van der Waals surface area contributed by atoms with Gasteiger partial charge in [-0.3, -0.25) is 10.1 Å². The molecule has 2 aromatic rings. The van der Waals surface area contributed by atoms with Crippen molar-refractivity contribution in [2.45, 2.75) is 13.8 Å². The van der Waals surface area contributed by atoms with Crippen LogP contribution < -0.4 is 10.6 Å². The number of rotatable bonds is 4. The molecule has 0 bridgehead atoms. The number of aryl methyl sites for hydroxylation is 1. The van der Waals surface area contributed by atoms with Gasteiger partial charge in [0.2, 0.25) is 0 Å². The van der Waals surface area contributed by atoms with Crippen LogP contribution in [0.5, 0.6) is 0 Å². The third-order valence-corrected chi connectivity index (χ3v) is 2.83. The number of benzene rings is 1. The number of ether oxygens (including phenoxy) is 1. The van der Waals surface area contributed by atoms with Crippen LogP contribution in [0.3, 0.4) is 0 Å². The van der Waals surface area contributed by atoms with Crippen LogP contribution in [0.25, 0.3) is 0 Å². The number of pyridine rings is 1. The molecule has 0 saturated heterocycles. The minimum Gasteiger partial charge on any atom is -0.450 e. The molecule has 0 aliphatic rings. The maximum absolute atomic E-state index is 12.1. The van der Waals surface area contributed by atoms with Gasteiger partial charge in [0.15, 0.2) is 0 Å². The van der Waals surface area contributed by atoms with Crippen LogP contribution in [0.15, 0.2) is 42.6 Å². The van der Waals surface area contributed by atoms with Crippen molar-refractivity contribution in [1.82, 2.24) is 4.98 Å². The minimum atomic E-state index is -0.524. The van der Waals surface area contributed by atoms with E-state index in [1.165, 1.54) is 0 Å². The van der Waals surface area contributed by atoms with E-state index in [1.54, 1.807) is 43.5 Å². The zero-order chi connectivity index (χ0) is 15.9. The standard InChI is InChI=1S/C16H17N3O3/c1-3-22-16(21)18-13-6-4-12(5-7-13)15(20)19-14-10-11(2)8-9-17-14/h4-10H,3H2,1-2H3,(H,18,21)(H,17,19,20). The third kappa shape index (κ3) is 4.31. The third-order valence-electron chi connectivity index (χ3n) is 2.83. The van der Waals surface area contributed by atoms with Crippen LogP contribution in [-0.2, 0) is 4.74 Å². The first-order valence-electron chi connectivity index (χ1n) is 6.86. The molecule has 2 N–H and O–H groups in total. The fourth-order valence-electron chi connectivity index (χ4n) is 1.78. The molecule has 0 unspecified atom stereocenters. The average Bonchev–Trinajstić information content (AvgIpc) is 2.48. The molecular formula is C16H17N3O3. The monoisotopic (exact) mass is 299 g/mol. The van der Waals surface area contributed by atoms with Gasteiger partial charge in [-0.15, -0.1) is 0 Å². The zero-order valence-electron chi connectivity index (χ0n) is 12.4. The van der Waals surface area contributed by atoms with Gasteiger partial charge in [-0.25, -0.2) is 9.78 Å². The zero-order valence-corrected chi connectivity index (χ0v) is 12.4. The Kier molecular flexibility index (Phi) is 5.08. The summed E-state index contributed by atoms with van der Waals surface area (Å²) < 4.78 is 4.78. The Morgan fingerprint density at radius 1 is 1.14 bits per heavy atom. The maximum Gasteiger partial charge on any atom is 0.411 e. The summed E-state index contributed by atoms with van der Waals surface area (Å²) in [4.78, 5) is 27.5. The fraction of sp³-hybridized carbons (Fsp3) is 0.188. The molecule has 0 aliphatic heterocycles. The molecule has 2 rings (SSSR count). The van der Waals surface area contributed by atoms with Crippen LogP contribution in [0.4, 0.5) is 16.3 Å². The van der Waals surface area contributed by atoms with Gasteiger partial charge in [0.1, 0.15) is 5.82 Å². The van der Waals surface area contributed by atoms with E-state index in [9.17, 15) is 9.59 Å². The molecular weight excluding hydrogens is 282 g/mol. The SMILES string of the molecule is CCOC(=O)Nc1ccc(C(=O)Nc2cc(C)ccn2)cc1. The predicted molar refractivity (Wildman–Crippen MR) is 84.0 cm³/mol. The number of carbonyl (C=O) groups is 2. The fourth-order valence-corrected chi connectivity index (χ4v) is 1.78. The lowest BCUT2D eigenvalue weighted by Crippen LogP contribution is -2.15. The van der Waals surface area contributed by atoms with Gasteiger partial charge in [0.05, 0.1) is 6.61 Å². The van der Waals surface area contributed by atoms with Crippen molar-refractivity contribution >= 4 is 23.5 Å². The molecule has 0 fully saturated rings.